The molecule has 1 aliphatic heterocycles. The van der Waals surface area contributed by atoms with Crippen molar-refractivity contribution in [3.63, 3.8) is 0 Å². The fourth-order valence-electron chi connectivity index (χ4n) is 3.42. The van der Waals surface area contributed by atoms with Crippen molar-refractivity contribution in [2.45, 2.75) is 37.4 Å². The molecule has 14 heteroatoms. The molecule has 5 N–H and O–H groups in total. The van der Waals surface area contributed by atoms with E-state index in [1.165, 1.54) is 16.7 Å². The van der Waals surface area contributed by atoms with E-state index in [4.69, 9.17) is 5.73 Å². The van der Waals surface area contributed by atoms with E-state index in [1.54, 1.807) is 6.26 Å². The number of carboxylic acid groups (broad SMARTS) is 1. The Labute approximate surface area is 197 Å². The van der Waals surface area contributed by atoms with Gasteiger partial charge in [0.1, 0.15) is 23.7 Å². The van der Waals surface area contributed by atoms with Crippen LogP contribution in [0.1, 0.15) is 19.3 Å². The molecule has 11 nitrogen and oxygen atoms in total. The molecular formula is C20H24F2N5O6S-. The van der Waals surface area contributed by atoms with E-state index in [1.807, 2.05) is 0 Å². The molecule has 1 heterocycles. The van der Waals surface area contributed by atoms with Crippen LogP contribution < -0.4 is 26.8 Å². The number of halogens is 2. The summed E-state index contributed by atoms with van der Waals surface area (Å²) < 4.78 is 26.8. The van der Waals surface area contributed by atoms with E-state index >= 15 is 0 Å². The number of hydrogen-bond donors (Lipinski definition) is 4. The highest BCUT2D eigenvalue weighted by molar-refractivity contribution is 7.99. The smallest absolute Gasteiger partial charge is 0.319 e. The third kappa shape index (κ3) is 7.57. The summed E-state index contributed by atoms with van der Waals surface area (Å²) in [4.78, 5) is 61.1. The van der Waals surface area contributed by atoms with E-state index < -0.39 is 65.9 Å². The zero-order valence-corrected chi connectivity index (χ0v) is 19.0. The zero-order chi connectivity index (χ0) is 25.4. The van der Waals surface area contributed by atoms with Gasteiger partial charge in [-0.25, -0.2) is 13.6 Å². The van der Waals surface area contributed by atoms with E-state index in [-0.39, 0.29) is 30.8 Å². The fraction of sp³-hybridized carbons (Fsp3) is 0.450. The zero-order valence-electron chi connectivity index (χ0n) is 18.1. The van der Waals surface area contributed by atoms with Crippen molar-refractivity contribution in [3.05, 3.63) is 29.8 Å². The first kappa shape index (κ1) is 26.8. The molecule has 34 heavy (non-hydrogen) atoms. The molecule has 0 spiro atoms. The minimum atomic E-state index is -1.42. The monoisotopic (exact) mass is 500 g/mol. The maximum Gasteiger partial charge on any atom is 0.319 e. The summed E-state index contributed by atoms with van der Waals surface area (Å²) in [6.45, 7) is -0.0446. The lowest BCUT2D eigenvalue weighted by atomic mass is 10.1. The fourth-order valence-corrected chi connectivity index (χ4v) is 3.83. The standard InChI is InChI=1S/C20H25F2N5O6S/c1-34-9-16(28)27-8-11(24-20(33)26-13-3-2-10(21)6-12(13)22)7-15(27)19(32)25-14(18(23)31)4-5-17(29)30/h2-3,6,11,14-15H,4-5,7-9H2,1H3,(H2,23,31)(H,25,32)(H,29,30)(H2,24,26,33)/p-1/t11-,14-,15-/m0/s1. The SMILES string of the molecule is CSCC(=O)N1C[C@@H](NC(=O)Nc2ccc(F)cc2F)C[C@H]1C(=O)N[C@@H](CCC(=O)[O-])C(N)=O. The molecular weight excluding hydrogens is 476 g/mol. The average molecular weight is 501 g/mol. The first-order chi connectivity index (χ1) is 16.0. The Bertz CT molecular complexity index is 965. The summed E-state index contributed by atoms with van der Waals surface area (Å²) in [6.07, 6.45) is 0.851. The van der Waals surface area contributed by atoms with Crippen LogP contribution in [0, 0.1) is 11.6 Å². The molecule has 2 rings (SSSR count). The molecule has 186 valence electrons. The van der Waals surface area contributed by atoms with Crippen molar-refractivity contribution in [3.8, 4) is 0 Å². The lowest BCUT2D eigenvalue weighted by molar-refractivity contribution is -0.305. The number of aliphatic carboxylic acids is 1. The van der Waals surface area contributed by atoms with Crippen LogP contribution in [-0.4, -0.2) is 71.3 Å². The van der Waals surface area contributed by atoms with Crippen molar-refractivity contribution in [1.29, 1.82) is 0 Å². The number of nitrogens with zero attached hydrogens (tertiary/aromatic N) is 1. The minimum Gasteiger partial charge on any atom is -0.550 e. The number of carboxylic acids is 1. The number of thioether (sulfide) groups is 1. The van der Waals surface area contributed by atoms with Gasteiger partial charge in [-0.3, -0.25) is 14.4 Å². The van der Waals surface area contributed by atoms with Crippen molar-refractivity contribution in [2.75, 3.05) is 23.9 Å². The Morgan fingerprint density at radius 3 is 2.56 bits per heavy atom. The molecule has 0 unspecified atom stereocenters. The van der Waals surface area contributed by atoms with Crippen molar-refractivity contribution < 1.29 is 37.9 Å². The molecule has 1 aliphatic rings. The molecule has 0 bridgehead atoms. The normalized spacial score (nSPS) is 18.1. The Morgan fingerprint density at radius 1 is 1.26 bits per heavy atom. The summed E-state index contributed by atoms with van der Waals surface area (Å²) in [5, 5.41) is 17.8. The predicted octanol–water partition coefficient (Wildman–Crippen LogP) is -1.08. The van der Waals surface area contributed by atoms with Gasteiger partial charge in [0.15, 0.2) is 0 Å². The number of anilines is 1. The van der Waals surface area contributed by atoms with Gasteiger partial charge in [0.25, 0.3) is 0 Å². The number of carbonyl (C=O) groups excluding carboxylic acids is 5. The highest BCUT2D eigenvalue weighted by Gasteiger charge is 2.40. The van der Waals surface area contributed by atoms with E-state index in [0.29, 0.717) is 6.07 Å². The minimum absolute atomic E-state index is 0.0305. The van der Waals surface area contributed by atoms with Gasteiger partial charge in [-0.2, -0.15) is 11.8 Å². The highest BCUT2D eigenvalue weighted by Crippen LogP contribution is 2.21. The Morgan fingerprint density at radius 2 is 1.97 bits per heavy atom. The van der Waals surface area contributed by atoms with Crippen LogP contribution in [0.25, 0.3) is 0 Å². The summed E-state index contributed by atoms with van der Waals surface area (Å²) in [5.74, 6) is -5.27. The number of nitrogens with two attached hydrogens (primary N) is 1. The Kier molecular flexibility index (Phi) is 9.59. The summed E-state index contributed by atoms with van der Waals surface area (Å²) in [6, 6.07) is -1.30. The van der Waals surface area contributed by atoms with Crippen LogP contribution in [0.3, 0.4) is 0 Å². The first-order valence-electron chi connectivity index (χ1n) is 10.1. The molecule has 0 saturated carbocycles. The van der Waals surface area contributed by atoms with Crippen LogP contribution in [-0.2, 0) is 19.2 Å². The molecule has 1 aromatic rings. The van der Waals surface area contributed by atoms with Gasteiger partial charge in [0.05, 0.1) is 17.5 Å². The molecule has 0 aromatic heterocycles. The number of primary amides is 1. The van der Waals surface area contributed by atoms with Crippen LogP contribution in [0.15, 0.2) is 18.2 Å². The maximum absolute atomic E-state index is 13.8. The first-order valence-corrected chi connectivity index (χ1v) is 11.5. The number of nitrogens with one attached hydrogen (secondary N) is 3. The lowest BCUT2D eigenvalue weighted by Crippen LogP contribution is -2.52. The second-order valence-electron chi connectivity index (χ2n) is 7.52. The lowest BCUT2D eigenvalue weighted by Gasteiger charge is -2.25. The predicted molar refractivity (Wildman–Crippen MR) is 116 cm³/mol. The highest BCUT2D eigenvalue weighted by atomic mass is 32.2. The largest absolute Gasteiger partial charge is 0.550 e. The average Bonchev–Trinajstić information content (AvgIpc) is 3.16. The number of carbonyl (C=O) groups is 5. The number of rotatable bonds is 10. The van der Waals surface area contributed by atoms with Gasteiger partial charge in [-0.1, -0.05) is 0 Å². The summed E-state index contributed by atoms with van der Waals surface area (Å²) in [7, 11) is 0. The quantitative estimate of drug-likeness (QED) is 0.316. The number of amides is 5. The molecule has 1 aromatic carbocycles. The van der Waals surface area contributed by atoms with Crippen molar-refractivity contribution >= 4 is 47.2 Å². The molecule has 1 fully saturated rings. The van der Waals surface area contributed by atoms with E-state index in [0.717, 1.165) is 12.1 Å². The molecule has 0 aliphatic carbocycles. The van der Waals surface area contributed by atoms with Crippen LogP contribution in [0.4, 0.5) is 19.3 Å². The van der Waals surface area contributed by atoms with Gasteiger partial charge in [0.2, 0.25) is 17.7 Å². The van der Waals surface area contributed by atoms with Gasteiger partial charge < -0.3 is 36.5 Å². The molecule has 1 saturated heterocycles. The second kappa shape index (κ2) is 12.2. The summed E-state index contributed by atoms with van der Waals surface area (Å²) >= 11 is 1.22. The topological polar surface area (TPSA) is 174 Å². The van der Waals surface area contributed by atoms with Crippen LogP contribution in [0.2, 0.25) is 0 Å². The number of likely N-dealkylation sites (tertiary alicyclic amines) is 1. The van der Waals surface area contributed by atoms with Crippen LogP contribution >= 0.6 is 11.8 Å². The van der Waals surface area contributed by atoms with E-state index in [2.05, 4.69) is 16.0 Å². The molecule has 3 atom stereocenters. The Hall–Kier alpha value is -3.42. The van der Waals surface area contributed by atoms with Crippen molar-refractivity contribution in [2.24, 2.45) is 5.73 Å². The Balaban J connectivity index is 2.08. The number of benzene rings is 1. The van der Waals surface area contributed by atoms with Gasteiger partial charge in [0, 0.05) is 18.6 Å². The third-order valence-corrected chi connectivity index (χ3v) is 5.54. The van der Waals surface area contributed by atoms with Gasteiger partial charge in [-0.05, 0) is 37.7 Å². The van der Waals surface area contributed by atoms with Gasteiger partial charge >= 0.3 is 6.03 Å². The number of hydrogen-bond acceptors (Lipinski definition) is 7. The second-order valence-corrected chi connectivity index (χ2v) is 8.39. The van der Waals surface area contributed by atoms with Crippen LogP contribution in [0.5, 0.6) is 0 Å². The summed E-state index contributed by atoms with van der Waals surface area (Å²) in [5.41, 5.74) is 4.96. The maximum atomic E-state index is 13.8. The molecule has 5 amide bonds. The van der Waals surface area contributed by atoms with Crippen molar-refractivity contribution in [1.82, 2.24) is 15.5 Å². The van der Waals surface area contributed by atoms with E-state index in [9.17, 15) is 37.9 Å². The number of urea groups is 1. The van der Waals surface area contributed by atoms with Gasteiger partial charge in [-0.15, -0.1) is 0 Å². The molecule has 0 radical (unpaired) electrons. The third-order valence-electron chi connectivity index (χ3n) is 5.00.